The Hall–Kier alpha value is -2.59. The summed E-state index contributed by atoms with van der Waals surface area (Å²) in [7, 11) is 1.09. The van der Waals surface area contributed by atoms with Crippen LogP contribution in [0.4, 0.5) is 0 Å². The van der Waals surface area contributed by atoms with Crippen LogP contribution < -0.4 is 4.89 Å². The van der Waals surface area contributed by atoms with Crippen LogP contribution in [0.1, 0.15) is 155 Å². The molecule has 0 saturated heterocycles. The summed E-state index contributed by atoms with van der Waals surface area (Å²) in [5, 5.41) is 9.85. The smallest absolute Gasteiger partial charge is 0.306 e. The molecule has 0 aliphatic carbocycles. The fourth-order valence-electron chi connectivity index (χ4n) is 5.59. The van der Waals surface area contributed by atoms with Gasteiger partial charge in [-0.3, -0.25) is 14.2 Å². The van der Waals surface area contributed by atoms with Gasteiger partial charge in [0, 0.05) is 12.8 Å². The molecular formula is C47H82NO9P. The number of phosphoric ester groups is 1. The number of aliphatic hydroxyl groups excluding tert-OH is 1. The van der Waals surface area contributed by atoms with Crippen molar-refractivity contribution in [2.45, 2.75) is 167 Å². The number of carbonyl (C=O) groups is 2. The third-order valence-electron chi connectivity index (χ3n) is 9.08. The Balaban J connectivity index is 4.53. The van der Waals surface area contributed by atoms with E-state index in [9.17, 15) is 24.2 Å². The van der Waals surface area contributed by atoms with E-state index < -0.39 is 38.6 Å². The van der Waals surface area contributed by atoms with Gasteiger partial charge in [-0.1, -0.05) is 170 Å². The average molecular weight is 836 g/mol. The van der Waals surface area contributed by atoms with E-state index in [1.165, 1.54) is 70.6 Å². The van der Waals surface area contributed by atoms with Crippen molar-refractivity contribution in [1.82, 2.24) is 0 Å². The summed E-state index contributed by atoms with van der Waals surface area (Å²) in [4.78, 5) is 37.5. The van der Waals surface area contributed by atoms with Gasteiger partial charge < -0.3 is 33.0 Å². The van der Waals surface area contributed by atoms with Crippen LogP contribution >= 0.6 is 7.82 Å². The number of quaternary nitrogens is 1. The Kier molecular flexibility index (Phi) is 36.9. The maximum absolute atomic E-state index is 12.6. The van der Waals surface area contributed by atoms with Crippen LogP contribution in [0.25, 0.3) is 0 Å². The van der Waals surface area contributed by atoms with Crippen molar-refractivity contribution in [3.8, 4) is 0 Å². The summed E-state index contributed by atoms with van der Waals surface area (Å²) in [6, 6.07) is 0. The highest BCUT2D eigenvalue weighted by Gasteiger charge is 2.21. The van der Waals surface area contributed by atoms with Gasteiger partial charge in [0.05, 0.1) is 33.9 Å². The second-order valence-electron chi connectivity index (χ2n) is 15.9. The molecule has 0 fully saturated rings. The number of aliphatic hydroxyl groups is 1. The van der Waals surface area contributed by atoms with Gasteiger partial charge in [-0.25, -0.2) is 0 Å². The largest absolute Gasteiger partial charge is 0.756 e. The Bertz CT molecular complexity index is 1230. The molecule has 0 aliphatic heterocycles. The van der Waals surface area contributed by atoms with E-state index in [1.807, 2.05) is 63.7 Å². The van der Waals surface area contributed by atoms with Crippen LogP contribution in [0.3, 0.4) is 0 Å². The van der Waals surface area contributed by atoms with Crippen LogP contribution in [0.5, 0.6) is 0 Å². The molecule has 10 nitrogen and oxygen atoms in total. The van der Waals surface area contributed by atoms with E-state index in [1.54, 1.807) is 6.08 Å². The molecule has 11 heteroatoms. The molecule has 0 aromatic rings. The van der Waals surface area contributed by atoms with Gasteiger partial charge in [-0.15, -0.1) is 0 Å². The predicted molar refractivity (Wildman–Crippen MR) is 237 cm³/mol. The lowest BCUT2D eigenvalue weighted by Gasteiger charge is -2.28. The molecule has 3 atom stereocenters. The van der Waals surface area contributed by atoms with Gasteiger partial charge in [-0.05, 0) is 44.9 Å². The fraction of sp³-hybridized carbons (Fsp3) is 0.702. The summed E-state index contributed by atoms with van der Waals surface area (Å²) in [5.74, 6) is -0.956. The molecule has 0 aromatic carbocycles. The molecule has 0 spiro atoms. The van der Waals surface area contributed by atoms with Crippen molar-refractivity contribution in [3.05, 3.63) is 72.9 Å². The number of nitrogens with zero attached hydrogens (tertiary/aromatic N) is 1. The van der Waals surface area contributed by atoms with Gasteiger partial charge in [0.1, 0.15) is 19.8 Å². The van der Waals surface area contributed by atoms with Gasteiger partial charge in [0.15, 0.2) is 6.10 Å². The number of likely N-dealkylation sites (N-methyl/N-ethyl adjacent to an activating group) is 1. The van der Waals surface area contributed by atoms with Gasteiger partial charge in [-0.2, -0.15) is 0 Å². The first kappa shape index (κ1) is 55.4. The fourth-order valence-corrected chi connectivity index (χ4v) is 6.32. The summed E-state index contributed by atoms with van der Waals surface area (Å²) in [6.45, 7) is 3.91. The Morgan fingerprint density at radius 1 is 0.655 bits per heavy atom. The second kappa shape index (κ2) is 38.6. The minimum Gasteiger partial charge on any atom is -0.756 e. The Morgan fingerprint density at radius 2 is 1.21 bits per heavy atom. The van der Waals surface area contributed by atoms with Crippen molar-refractivity contribution < 1.29 is 47.2 Å². The molecule has 0 radical (unpaired) electrons. The molecule has 0 bridgehead atoms. The topological polar surface area (TPSA) is 131 Å². The van der Waals surface area contributed by atoms with Crippen molar-refractivity contribution >= 4 is 19.8 Å². The SMILES string of the molecule is CC/C=C\CC(O)/C=C/C=C/C/C=C\C/C=C\C/C=C\CCC(=O)O[C@H](COC(=O)CCCCCCCCCCCCCCCC)COP(=O)([O-])OCC[N+](C)(C)C. The highest BCUT2D eigenvalue weighted by atomic mass is 31.2. The minimum atomic E-state index is -4.66. The molecular weight excluding hydrogens is 753 g/mol. The van der Waals surface area contributed by atoms with Crippen molar-refractivity contribution in [3.63, 3.8) is 0 Å². The lowest BCUT2D eigenvalue weighted by atomic mass is 10.0. The molecule has 2 unspecified atom stereocenters. The van der Waals surface area contributed by atoms with Gasteiger partial charge in [0.25, 0.3) is 7.82 Å². The first-order chi connectivity index (χ1) is 27.9. The van der Waals surface area contributed by atoms with Gasteiger partial charge >= 0.3 is 11.9 Å². The average Bonchev–Trinajstić information content (AvgIpc) is 3.17. The maximum atomic E-state index is 12.6. The van der Waals surface area contributed by atoms with E-state index in [0.717, 1.165) is 38.5 Å². The molecule has 58 heavy (non-hydrogen) atoms. The van der Waals surface area contributed by atoms with Crippen LogP contribution in [-0.4, -0.2) is 81.2 Å². The van der Waals surface area contributed by atoms with Crippen molar-refractivity contribution in [2.75, 3.05) is 47.5 Å². The van der Waals surface area contributed by atoms with E-state index in [-0.39, 0.29) is 26.1 Å². The number of allylic oxidation sites excluding steroid dienone is 10. The molecule has 0 saturated carbocycles. The summed E-state index contributed by atoms with van der Waals surface area (Å²) in [5.41, 5.74) is 0. The molecule has 0 rings (SSSR count). The lowest BCUT2D eigenvalue weighted by molar-refractivity contribution is -0.870. The zero-order valence-electron chi connectivity index (χ0n) is 37.1. The molecule has 334 valence electrons. The lowest BCUT2D eigenvalue weighted by Crippen LogP contribution is -2.37. The number of esters is 2. The number of hydrogen-bond donors (Lipinski definition) is 1. The highest BCUT2D eigenvalue weighted by molar-refractivity contribution is 7.45. The summed E-state index contributed by atoms with van der Waals surface area (Å²) < 4.78 is 33.8. The zero-order valence-corrected chi connectivity index (χ0v) is 38.0. The maximum Gasteiger partial charge on any atom is 0.306 e. The molecule has 0 heterocycles. The third kappa shape index (κ3) is 41.6. The first-order valence-corrected chi connectivity index (χ1v) is 23.7. The quantitative estimate of drug-likeness (QED) is 0.0160. The Morgan fingerprint density at radius 3 is 1.78 bits per heavy atom. The number of hydrogen-bond acceptors (Lipinski definition) is 9. The van der Waals surface area contributed by atoms with Crippen molar-refractivity contribution in [1.29, 1.82) is 0 Å². The normalized spacial score (nSPS) is 14.8. The number of ether oxygens (including phenoxy) is 2. The first-order valence-electron chi connectivity index (χ1n) is 22.3. The summed E-state index contributed by atoms with van der Waals surface area (Å²) >= 11 is 0. The van der Waals surface area contributed by atoms with E-state index >= 15 is 0 Å². The molecule has 0 amide bonds. The third-order valence-corrected chi connectivity index (χ3v) is 10.0. The summed E-state index contributed by atoms with van der Waals surface area (Å²) in [6.07, 6.45) is 44.2. The monoisotopic (exact) mass is 836 g/mol. The van der Waals surface area contributed by atoms with Gasteiger partial charge in [0.2, 0.25) is 0 Å². The highest BCUT2D eigenvalue weighted by Crippen LogP contribution is 2.38. The predicted octanol–water partition coefficient (Wildman–Crippen LogP) is 11.0. The number of rotatable bonds is 39. The van der Waals surface area contributed by atoms with E-state index in [2.05, 4.69) is 38.2 Å². The van der Waals surface area contributed by atoms with Crippen LogP contribution in [0.15, 0.2) is 72.9 Å². The molecule has 0 aromatic heterocycles. The standard InChI is InChI=1S/C47H82NO9P/c1-6-8-10-11-12-13-14-15-18-21-24-27-30-34-38-46(50)54-42-45(43-56-58(52,53)55-41-40-48(3,4)5)57-47(51)39-35-31-28-25-22-19-16-17-20-23-26-29-33-37-44(49)36-32-9-7-2/h9,17,19-20,22,26,28-29,31-33,37,44-45,49H,6-8,10-16,18,21,23-25,27,30,34-36,38-43H2,1-5H3/b20-17-,22-19-,29-26+,31-28-,32-9-,37-33+/t44?,45-/m1/s1. The second-order valence-corrected chi connectivity index (χ2v) is 17.3. The van der Waals surface area contributed by atoms with Crippen LogP contribution in [-0.2, 0) is 32.7 Å². The number of unbranched alkanes of at least 4 members (excludes halogenated alkanes) is 13. The Labute approximate surface area is 353 Å². The number of carbonyl (C=O) groups excluding carboxylic acids is 2. The molecule has 0 aliphatic rings. The van der Waals surface area contributed by atoms with Crippen molar-refractivity contribution in [2.24, 2.45) is 0 Å². The zero-order chi connectivity index (χ0) is 43.0. The van der Waals surface area contributed by atoms with E-state index in [0.29, 0.717) is 30.3 Å². The van der Waals surface area contributed by atoms with E-state index in [4.69, 9.17) is 18.5 Å². The number of phosphoric acid groups is 1. The molecule has 1 N–H and O–H groups in total. The van der Waals surface area contributed by atoms with Crippen LogP contribution in [0.2, 0.25) is 0 Å². The minimum absolute atomic E-state index is 0.0538. The van der Waals surface area contributed by atoms with Crippen LogP contribution in [0, 0.1) is 0 Å².